The second-order valence-corrected chi connectivity index (χ2v) is 15.1. The summed E-state index contributed by atoms with van der Waals surface area (Å²) in [5.74, 6) is -0.146. The normalized spacial score (nSPS) is 26.0. The predicted molar refractivity (Wildman–Crippen MR) is 125 cm³/mol. The first kappa shape index (κ1) is 22.2. The van der Waals surface area contributed by atoms with Crippen molar-refractivity contribution in [2.24, 2.45) is 11.3 Å². The van der Waals surface area contributed by atoms with Gasteiger partial charge in [0.15, 0.2) is 0 Å². The summed E-state index contributed by atoms with van der Waals surface area (Å²) in [5.41, 5.74) is -1.12. The second-order valence-electron chi connectivity index (χ2n) is 10.7. The van der Waals surface area contributed by atoms with E-state index in [9.17, 15) is 9.90 Å². The molecule has 4 rings (SSSR count). The van der Waals surface area contributed by atoms with Crippen molar-refractivity contribution in [3.05, 3.63) is 60.7 Å². The third kappa shape index (κ3) is 3.29. The Morgan fingerprint density at radius 2 is 1.58 bits per heavy atom. The number of carbonyl (C=O) groups excluding carboxylic acids is 1. The minimum atomic E-state index is -2.76. The van der Waals surface area contributed by atoms with Crippen molar-refractivity contribution in [2.45, 2.75) is 64.2 Å². The molecule has 31 heavy (non-hydrogen) atoms. The molecular weight excluding hydrogens is 404 g/mol. The number of fused-ring (bicyclic) bond motifs is 1. The summed E-state index contributed by atoms with van der Waals surface area (Å²) in [7, 11) is -2.76. The Balaban J connectivity index is 1.73. The average molecular weight is 439 g/mol. The fourth-order valence-electron chi connectivity index (χ4n) is 6.11. The van der Waals surface area contributed by atoms with Gasteiger partial charge in [-0.3, -0.25) is 4.79 Å². The van der Waals surface area contributed by atoms with E-state index in [1.54, 1.807) is 0 Å². The van der Waals surface area contributed by atoms with Gasteiger partial charge >= 0.3 is 5.97 Å². The molecule has 2 fully saturated rings. The Morgan fingerprint density at radius 3 is 2.00 bits per heavy atom. The van der Waals surface area contributed by atoms with Crippen LogP contribution in [-0.4, -0.2) is 37.7 Å². The molecule has 1 saturated heterocycles. The van der Waals surface area contributed by atoms with E-state index in [2.05, 4.69) is 58.9 Å². The molecule has 1 aliphatic carbocycles. The summed E-state index contributed by atoms with van der Waals surface area (Å²) < 4.78 is 12.7. The van der Waals surface area contributed by atoms with E-state index in [0.717, 1.165) is 6.42 Å². The van der Waals surface area contributed by atoms with Gasteiger partial charge in [-0.15, -0.1) is 0 Å². The zero-order valence-corrected chi connectivity index (χ0v) is 20.2. The number of aliphatic hydroxyl groups is 1. The standard InChI is InChI=1S/C26H34O4Si/c1-24(2,3)31(20-12-8-6-9-13-20,21-14-10-7-11-15-21)29-18-22(27)26-19(16-23(28)30-26)17-25(26,4)5/h6-15,19,22,27H,16-18H2,1-5H3/t19-,22+,26+/m1/s1. The highest BCUT2D eigenvalue weighted by atomic mass is 28.4. The van der Waals surface area contributed by atoms with Crippen molar-refractivity contribution in [3.8, 4) is 0 Å². The SMILES string of the molecule is CC1(C)C[C@H]2CC(=O)O[C@]21[C@@H](O)CO[Si](c1ccccc1)(c1ccccc1)C(C)(C)C. The first-order chi connectivity index (χ1) is 14.5. The summed E-state index contributed by atoms with van der Waals surface area (Å²) in [6.45, 7) is 10.9. The topological polar surface area (TPSA) is 55.8 Å². The fraction of sp³-hybridized carbons (Fsp3) is 0.500. The van der Waals surface area contributed by atoms with Crippen molar-refractivity contribution in [1.82, 2.24) is 0 Å². The van der Waals surface area contributed by atoms with Gasteiger partial charge in [-0.25, -0.2) is 0 Å². The summed E-state index contributed by atoms with van der Waals surface area (Å²) in [5, 5.41) is 13.6. The molecule has 166 valence electrons. The van der Waals surface area contributed by atoms with Gasteiger partial charge in [-0.05, 0) is 21.8 Å². The number of rotatable bonds is 6. The van der Waals surface area contributed by atoms with Gasteiger partial charge in [-0.1, -0.05) is 95.3 Å². The lowest BCUT2D eigenvalue weighted by atomic mass is 9.50. The first-order valence-electron chi connectivity index (χ1n) is 11.2. The Kier molecular flexibility index (Phi) is 5.44. The van der Waals surface area contributed by atoms with Gasteiger partial charge in [0, 0.05) is 11.3 Å². The molecule has 0 unspecified atom stereocenters. The molecule has 4 nitrogen and oxygen atoms in total. The lowest BCUT2D eigenvalue weighted by Gasteiger charge is -2.58. The maximum atomic E-state index is 12.1. The van der Waals surface area contributed by atoms with E-state index >= 15 is 0 Å². The van der Waals surface area contributed by atoms with Crippen molar-refractivity contribution < 1.29 is 19.1 Å². The predicted octanol–water partition coefficient (Wildman–Crippen LogP) is 3.66. The molecule has 0 spiro atoms. The van der Waals surface area contributed by atoms with Crippen LogP contribution in [-0.2, 0) is 14.0 Å². The van der Waals surface area contributed by atoms with Gasteiger partial charge in [0.1, 0.15) is 11.7 Å². The highest BCUT2D eigenvalue weighted by molar-refractivity contribution is 6.99. The van der Waals surface area contributed by atoms with Crippen molar-refractivity contribution in [2.75, 3.05) is 6.61 Å². The number of hydrogen-bond acceptors (Lipinski definition) is 4. The van der Waals surface area contributed by atoms with Crippen LogP contribution in [0, 0.1) is 11.3 Å². The third-order valence-electron chi connectivity index (χ3n) is 7.49. The molecule has 0 radical (unpaired) electrons. The lowest BCUT2D eigenvalue weighted by molar-refractivity contribution is -0.240. The summed E-state index contributed by atoms with van der Waals surface area (Å²) in [4.78, 5) is 12.1. The van der Waals surface area contributed by atoms with Crippen LogP contribution < -0.4 is 10.4 Å². The molecule has 3 atom stereocenters. The molecule has 2 aromatic rings. The molecule has 1 aliphatic heterocycles. The Bertz CT molecular complexity index is 895. The Labute approximate surface area is 186 Å². The molecule has 5 heteroatoms. The second kappa shape index (κ2) is 7.57. The van der Waals surface area contributed by atoms with Gasteiger partial charge < -0.3 is 14.3 Å². The van der Waals surface area contributed by atoms with Crippen LogP contribution in [0.15, 0.2) is 60.7 Å². The van der Waals surface area contributed by atoms with Crippen LogP contribution in [0.25, 0.3) is 0 Å². The summed E-state index contributed by atoms with van der Waals surface area (Å²) in [6, 6.07) is 20.8. The van der Waals surface area contributed by atoms with Crippen LogP contribution in [0.5, 0.6) is 0 Å². The largest absolute Gasteiger partial charge is 0.455 e. The zero-order chi connectivity index (χ0) is 22.5. The Morgan fingerprint density at radius 1 is 1.06 bits per heavy atom. The quantitative estimate of drug-likeness (QED) is 0.552. The smallest absolute Gasteiger partial charge is 0.306 e. The maximum absolute atomic E-state index is 12.1. The molecule has 1 saturated carbocycles. The van der Waals surface area contributed by atoms with Crippen LogP contribution >= 0.6 is 0 Å². The minimum Gasteiger partial charge on any atom is -0.455 e. The van der Waals surface area contributed by atoms with E-state index < -0.39 is 20.0 Å². The molecule has 2 aliphatic rings. The summed E-state index contributed by atoms with van der Waals surface area (Å²) in [6.07, 6.45) is 0.406. The highest BCUT2D eigenvalue weighted by Gasteiger charge is 2.70. The number of esters is 1. The van der Waals surface area contributed by atoms with Crippen LogP contribution in [0.4, 0.5) is 0 Å². The number of carbonyl (C=O) groups is 1. The van der Waals surface area contributed by atoms with Gasteiger partial charge in [-0.2, -0.15) is 0 Å². The number of hydrogen-bond donors (Lipinski definition) is 1. The highest BCUT2D eigenvalue weighted by Crippen LogP contribution is 2.62. The number of benzene rings is 2. The van der Waals surface area contributed by atoms with Crippen LogP contribution in [0.2, 0.25) is 5.04 Å². The molecule has 0 bridgehead atoms. The van der Waals surface area contributed by atoms with E-state index in [1.165, 1.54) is 10.4 Å². The van der Waals surface area contributed by atoms with Gasteiger partial charge in [0.2, 0.25) is 0 Å². The zero-order valence-electron chi connectivity index (χ0n) is 19.2. The van der Waals surface area contributed by atoms with E-state index in [-0.39, 0.29) is 28.9 Å². The number of ether oxygens (including phenoxy) is 1. The van der Waals surface area contributed by atoms with Crippen molar-refractivity contribution in [1.29, 1.82) is 0 Å². The molecule has 1 N–H and O–H groups in total. The lowest BCUT2D eigenvalue weighted by Crippen LogP contribution is -2.70. The molecule has 1 heterocycles. The molecular formula is C26H34O4Si. The van der Waals surface area contributed by atoms with Crippen LogP contribution in [0.1, 0.15) is 47.5 Å². The van der Waals surface area contributed by atoms with Crippen LogP contribution in [0.3, 0.4) is 0 Å². The summed E-state index contributed by atoms with van der Waals surface area (Å²) >= 11 is 0. The van der Waals surface area contributed by atoms with E-state index in [4.69, 9.17) is 9.16 Å². The van der Waals surface area contributed by atoms with Gasteiger partial charge in [0.25, 0.3) is 8.32 Å². The minimum absolute atomic E-state index is 0.0627. The first-order valence-corrected chi connectivity index (χ1v) is 13.1. The maximum Gasteiger partial charge on any atom is 0.306 e. The monoisotopic (exact) mass is 438 g/mol. The molecule has 0 amide bonds. The number of aliphatic hydroxyl groups excluding tert-OH is 1. The van der Waals surface area contributed by atoms with Gasteiger partial charge in [0.05, 0.1) is 13.0 Å². The third-order valence-corrected chi connectivity index (χ3v) is 12.5. The fourth-order valence-corrected chi connectivity index (χ4v) is 10.7. The van der Waals surface area contributed by atoms with Crippen molar-refractivity contribution >= 4 is 24.7 Å². The molecule has 0 aromatic heterocycles. The van der Waals surface area contributed by atoms with E-state index in [1.807, 2.05) is 36.4 Å². The molecule has 2 aromatic carbocycles. The average Bonchev–Trinajstić information content (AvgIpc) is 3.01. The van der Waals surface area contributed by atoms with Crippen molar-refractivity contribution in [3.63, 3.8) is 0 Å². The van der Waals surface area contributed by atoms with E-state index in [0.29, 0.717) is 6.42 Å². The Hall–Kier alpha value is -1.95.